The first kappa shape index (κ1) is 36.5. The lowest BCUT2D eigenvalue weighted by Gasteiger charge is -2.37. The quantitative estimate of drug-likeness (QED) is 0.231. The molecule has 1 aliphatic rings. The molecule has 1 saturated heterocycles. The van der Waals surface area contributed by atoms with Gasteiger partial charge in [0, 0.05) is 68.5 Å². The van der Waals surface area contributed by atoms with Crippen molar-refractivity contribution in [2.45, 2.75) is 31.2 Å². The molecule has 0 radical (unpaired) electrons. The lowest BCUT2D eigenvalue weighted by molar-refractivity contribution is -0.143. The summed E-state index contributed by atoms with van der Waals surface area (Å²) in [4.78, 5) is 18.8. The standard InChI is InChI=1S/C32H35ClF6N4O3S/c1-41(30(44)25-17-26(31(34,35)36)19-27(18-25)32(37,38)39)21-24(22-7-9-28(33)10-8-22)11-12-42-13-15-43(16-14-42)29-6-4-3-5-23(29)20-40-47(2,45)46/h3-10,17-19,24,40H,11-16,20-21H2,1-2H3. The number of benzene rings is 3. The fourth-order valence-corrected chi connectivity index (χ4v) is 6.08. The monoisotopic (exact) mass is 704 g/mol. The first-order valence-corrected chi connectivity index (χ1v) is 17.0. The summed E-state index contributed by atoms with van der Waals surface area (Å²) in [5, 5.41) is 0.490. The van der Waals surface area contributed by atoms with Crippen LogP contribution in [0.3, 0.4) is 0 Å². The van der Waals surface area contributed by atoms with Gasteiger partial charge in [-0.15, -0.1) is 0 Å². The molecule has 256 valence electrons. The highest BCUT2D eigenvalue weighted by molar-refractivity contribution is 7.88. The number of para-hydroxylation sites is 1. The molecule has 47 heavy (non-hydrogen) atoms. The number of piperazine rings is 1. The van der Waals surface area contributed by atoms with Gasteiger partial charge in [0.05, 0.1) is 17.4 Å². The number of sulfonamides is 1. The van der Waals surface area contributed by atoms with Crippen LogP contribution in [0.25, 0.3) is 0 Å². The predicted molar refractivity (Wildman–Crippen MR) is 169 cm³/mol. The maximum atomic E-state index is 13.4. The van der Waals surface area contributed by atoms with Crippen molar-refractivity contribution in [3.05, 3.63) is 99.6 Å². The summed E-state index contributed by atoms with van der Waals surface area (Å²) in [6.45, 7) is 3.57. The third-order valence-electron chi connectivity index (χ3n) is 8.04. The van der Waals surface area contributed by atoms with Crippen LogP contribution in [0.4, 0.5) is 32.0 Å². The molecule has 15 heteroatoms. The Morgan fingerprint density at radius 3 is 2.04 bits per heavy atom. The second-order valence-corrected chi connectivity index (χ2v) is 13.8. The van der Waals surface area contributed by atoms with Crippen LogP contribution in [0.2, 0.25) is 5.02 Å². The van der Waals surface area contributed by atoms with Gasteiger partial charge in [0.25, 0.3) is 5.91 Å². The molecule has 1 atom stereocenters. The number of carbonyl (C=O) groups is 1. The van der Waals surface area contributed by atoms with Gasteiger partial charge in [-0.2, -0.15) is 26.3 Å². The fraction of sp³-hybridized carbons (Fsp3) is 0.406. The number of nitrogens with zero attached hydrogens (tertiary/aromatic N) is 3. The Balaban J connectivity index is 1.45. The maximum Gasteiger partial charge on any atom is 0.416 e. The Bertz CT molecular complexity index is 1610. The van der Waals surface area contributed by atoms with Gasteiger partial charge < -0.3 is 9.80 Å². The molecule has 3 aromatic carbocycles. The average molecular weight is 705 g/mol. The third-order valence-corrected chi connectivity index (χ3v) is 8.96. The van der Waals surface area contributed by atoms with Crippen molar-refractivity contribution in [2.75, 3.05) is 57.5 Å². The molecule has 1 aliphatic heterocycles. The van der Waals surface area contributed by atoms with Crippen LogP contribution < -0.4 is 9.62 Å². The summed E-state index contributed by atoms with van der Waals surface area (Å²) >= 11 is 6.08. The Morgan fingerprint density at radius 1 is 0.915 bits per heavy atom. The van der Waals surface area contributed by atoms with E-state index in [9.17, 15) is 39.6 Å². The minimum Gasteiger partial charge on any atom is -0.369 e. The van der Waals surface area contributed by atoms with Gasteiger partial charge in [0.15, 0.2) is 0 Å². The van der Waals surface area contributed by atoms with Gasteiger partial charge in [-0.3, -0.25) is 9.69 Å². The van der Waals surface area contributed by atoms with Crippen LogP contribution in [-0.4, -0.2) is 76.7 Å². The number of rotatable bonds is 11. The van der Waals surface area contributed by atoms with Crippen molar-refractivity contribution in [3.8, 4) is 0 Å². The van der Waals surface area contributed by atoms with Crippen molar-refractivity contribution in [2.24, 2.45) is 0 Å². The van der Waals surface area contributed by atoms with Crippen LogP contribution in [0, 0.1) is 0 Å². The Kier molecular flexibility index (Phi) is 11.5. The number of nitrogens with one attached hydrogen (secondary N) is 1. The van der Waals surface area contributed by atoms with E-state index < -0.39 is 45.0 Å². The molecule has 1 fully saturated rings. The normalized spacial score (nSPS) is 15.5. The number of halogens is 7. The van der Waals surface area contributed by atoms with E-state index in [1.807, 2.05) is 24.3 Å². The van der Waals surface area contributed by atoms with Crippen molar-refractivity contribution >= 4 is 33.2 Å². The maximum absolute atomic E-state index is 13.4. The summed E-state index contributed by atoms with van der Waals surface area (Å²) in [5.74, 6) is -1.26. The highest BCUT2D eigenvalue weighted by atomic mass is 35.5. The van der Waals surface area contributed by atoms with Gasteiger partial charge in [-0.05, 0) is 60.5 Å². The van der Waals surface area contributed by atoms with E-state index in [-0.39, 0.29) is 25.1 Å². The largest absolute Gasteiger partial charge is 0.416 e. The zero-order valence-electron chi connectivity index (χ0n) is 25.7. The van der Waals surface area contributed by atoms with Crippen molar-refractivity contribution in [3.63, 3.8) is 0 Å². The number of anilines is 1. The molecule has 0 aromatic heterocycles. The number of amides is 1. The Labute approximate surface area is 275 Å². The second kappa shape index (κ2) is 14.8. The molecule has 1 amide bonds. The van der Waals surface area contributed by atoms with E-state index in [0.717, 1.165) is 28.0 Å². The first-order chi connectivity index (χ1) is 21.9. The van der Waals surface area contributed by atoms with Gasteiger partial charge in [0.1, 0.15) is 0 Å². The molecule has 1 heterocycles. The summed E-state index contributed by atoms with van der Waals surface area (Å²) < 4.78 is 106. The molecule has 1 unspecified atom stereocenters. The highest BCUT2D eigenvalue weighted by Crippen LogP contribution is 2.37. The number of hydrogen-bond donors (Lipinski definition) is 1. The van der Waals surface area contributed by atoms with Crippen molar-refractivity contribution < 1.29 is 39.6 Å². The molecular formula is C32H35ClF6N4O3S. The molecule has 0 spiro atoms. The molecule has 0 saturated carbocycles. The smallest absolute Gasteiger partial charge is 0.369 e. The second-order valence-electron chi connectivity index (χ2n) is 11.6. The van der Waals surface area contributed by atoms with E-state index in [2.05, 4.69) is 14.5 Å². The van der Waals surface area contributed by atoms with Crippen LogP contribution in [0.15, 0.2) is 66.7 Å². The predicted octanol–water partition coefficient (Wildman–Crippen LogP) is 6.49. The fourth-order valence-electron chi connectivity index (χ4n) is 5.54. The third kappa shape index (κ3) is 10.3. The van der Waals surface area contributed by atoms with E-state index in [1.54, 1.807) is 24.3 Å². The van der Waals surface area contributed by atoms with Crippen LogP contribution >= 0.6 is 11.6 Å². The Hall–Kier alpha value is -3.33. The van der Waals surface area contributed by atoms with Crippen LogP contribution in [0.1, 0.15) is 45.0 Å². The van der Waals surface area contributed by atoms with Gasteiger partial charge >= 0.3 is 12.4 Å². The van der Waals surface area contributed by atoms with E-state index in [1.165, 1.54) is 7.05 Å². The molecule has 0 aliphatic carbocycles. The molecule has 4 rings (SSSR count). The lowest BCUT2D eigenvalue weighted by Crippen LogP contribution is -2.47. The van der Waals surface area contributed by atoms with Crippen LogP contribution in [0.5, 0.6) is 0 Å². The van der Waals surface area contributed by atoms with E-state index >= 15 is 0 Å². The molecular weight excluding hydrogens is 670 g/mol. The SMILES string of the molecule is CN(CC(CCN1CCN(c2ccccc2CNS(C)(=O)=O)CC1)c1ccc(Cl)cc1)C(=O)c1cc(C(F)(F)F)cc(C(F)(F)F)c1. The van der Waals surface area contributed by atoms with E-state index in [0.29, 0.717) is 56.3 Å². The first-order valence-electron chi connectivity index (χ1n) is 14.7. The molecule has 0 bridgehead atoms. The number of alkyl halides is 6. The van der Waals surface area contributed by atoms with Crippen molar-refractivity contribution in [1.82, 2.24) is 14.5 Å². The molecule has 1 N–H and O–H groups in total. The topological polar surface area (TPSA) is 73.0 Å². The zero-order valence-corrected chi connectivity index (χ0v) is 27.3. The zero-order chi connectivity index (χ0) is 34.6. The number of carbonyl (C=O) groups excluding carboxylic acids is 1. The minimum absolute atomic E-state index is 0.00182. The highest BCUT2D eigenvalue weighted by Gasteiger charge is 2.38. The van der Waals surface area contributed by atoms with Crippen LogP contribution in [-0.2, 0) is 28.9 Å². The lowest BCUT2D eigenvalue weighted by atomic mass is 9.94. The summed E-state index contributed by atoms with van der Waals surface area (Å²) in [7, 11) is -2.01. The molecule has 7 nitrogen and oxygen atoms in total. The van der Waals surface area contributed by atoms with Gasteiger partial charge in [-0.25, -0.2) is 13.1 Å². The summed E-state index contributed by atoms with van der Waals surface area (Å²) in [6, 6.07) is 15.4. The number of hydrogen-bond acceptors (Lipinski definition) is 5. The Morgan fingerprint density at radius 2 is 1.49 bits per heavy atom. The molecule has 3 aromatic rings. The van der Waals surface area contributed by atoms with Crippen molar-refractivity contribution in [1.29, 1.82) is 0 Å². The average Bonchev–Trinajstić information content (AvgIpc) is 3.01. The summed E-state index contributed by atoms with van der Waals surface area (Å²) in [5.41, 5.74) is -1.19. The van der Waals surface area contributed by atoms with Gasteiger partial charge in [-0.1, -0.05) is 41.9 Å². The number of likely N-dealkylation sites (N-methyl/N-ethyl adjacent to an activating group) is 1. The summed E-state index contributed by atoms with van der Waals surface area (Å²) in [6.07, 6.45) is -8.49. The van der Waals surface area contributed by atoms with E-state index in [4.69, 9.17) is 11.6 Å². The minimum atomic E-state index is -5.07. The van der Waals surface area contributed by atoms with Gasteiger partial charge in [0.2, 0.25) is 10.0 Å².